The van der Waals surface area contributed by atoms with Crippen LogP contribution in [0.2, 0.25) is 10.0 Å². The highest BCUT2D eigenvalue weighted by atomic mass is 35.5. The van der Waals surface area contributed by atoms with Crippen molar-refractivity contribution in [2.75, 3.05) is 24.5 Å². The molecule has 184 valence electrons. The van der Waals surface area contributed by atoms with E-state index in [0.29, 0.717) is 5.82 Å². The second-order valence-electron chi connectivity index (χ2n) is 8.07. The van der Waals surface area contributed by atoms with Gasteiger partial charge in [-0.2, -0.15) is 13.2 Å². The lowest BCUT2D eigenvalue weighted by Gasteiger charge is -2.41. The molecular weight excluding hydrogens is 511 g/mol. The second kappa shape index (κ2) is 9.16. The molecule has 3 aromatic rings. The van der Waals surface area contributed by atoms with E-state index >= 15 is 4.39 Å². The molecule has 6 nitrogen and oxygen atoms in total. The zero-order valence-corrected chi connectivity index (χ0v) is 19.7. The molecule has 2 aromatic carbocycles. The molecule has 1 N–H and O–H groups in total. The number of carbonyl (C=O) groups is 1. The third-order valence-corrected chi connectivity index (χ3v) is 6.35. The number of phenolic OH excluding ortho intramolecular Hbond substituents is 1. The molecule has 12 heteroatoms. The number of halogens is 6. The monoisotopic (exact) mass is 528 g/mol. The molecule has 4 rings (SSSR count). The van der Waals surface area contributed by atoms with Gasteiger partial charge in [-0.15, -0.1) is 0 Å². The highest BCUT2D eigenvalue weighted by Crippen LogP contribution is 2.42. The SMILES string of the molecule is C=C(C(=O)N1CCN(c2ncnc3c(F)c(-c4cc(Cl)ccc4O)c(Cl)cc23)[C@H](C)C1)C(F)(F)F. The van der Waals surface area contributed by atoms with Crippen molar-refractivity contribution in [2.45, 2.75) is 19.1 Å². The van der Waals surface area contributed by atoms with Crippen molar-refractivity contribution in [1.29, 1.82) is 0 Å². The van der Waals surface area contributed by atoms with Gasteiger partial charge in [0, 0.05) is 47.2 Å². The number of aromatic nitrogens is 2. The Balaban J connectivity index is 1.71. The summed E-state index contributed by atoms with van der Waals surface area (Å²) >= 11 is 12.4. The number of hydrogen-bond acceptors (Lipinski definition) is 5. The van der Waals surface area contributed by atoms with E-state index < -0.39 is 29.5 Å². The van der Waals surface area contributed by atoms with Crippen LogP contribution in [0.4, 0.5) is 23.4 Å². The molecule has 1 aliphatic heterocycles. The summed E-state index contributed by atoms with van der Waals surface area (Å²) in [5.41, 5.74) is -1.49. The lowest BCUT2D eigenvalue weighted by Crippen LogP contribution is -2.55. The number of alkyl halides is 3. The van der Waals surface area contributed by atoms with Gasteiger partial charge >= 0.3 is 6.18 Å². The number of benzene rings is 2. The van der Waals surface area contributed by atoms with Crippen LogP contribution in [0.15, 0.2) is 42.7 Å². The largest absolute Gasteiger partial charge is 0.507 e. The maximum absolute atomic E-state index is 15.6. The maximum Gasteiger partial charge on any atom is 0.421 e. The van der Waals surface area contributed by atoms with E-state index in [9.17, 15) is 23.1 Å². The van der Waals surface area contributed by atoms with Gasteiger partial charge in [-0.05, 0) is 31.2 Å². The first kappa shape index (κ1) is 25.0. The minimum atomic E-state index is -4.82. The van der Waals surface area contributed by atoms with Gasteiger partial charge in [0.25, 0.3) is 5.91 Å². The van der Waals surface area contributed by atoms with Crippen molar-refractivity contribution in [3.05, 3.63) is 58.6 Å². The second-order valence-corrected chi connectivity index (χ2v) is 8.92. The molecule has 1 aliphatic rings. The summed E-state index contributed by atoms with van der Waals surface area (Å²) in [4.78, 5) is 23.4. The topological polar surface area (TPSA) is 69.6 Å². The fourth-order valence-corrected chi connectivity index (χ4v) is 4.54. The standard InChI is InChI=1S/C23H18Cl2F4N4O2/c1-11-9-32(22(35)12(2)23(27,28)29)5-6-33(11)21-15-8-16(25)18(19(26)20(15)30-10-31-21)14-7-13(24)3-4-17(14)34/h3-4,7-8,10-11,34H,2,5-6,9H2,1H3/t11-/m1/s1. The lowest BCUT2D eigenvalue weighted by molar-refractivity contribution is -0.140. The number of rotatable bonds is 3. The molecule has 0 unspecified atom stereocenters. The Bertz CT molecular complexity index is 1350. The Kier molecular flexibility index (Phi) is 6.54. The molecule has 2 heterocycles. The molecule has 1 saturated heterocycles. The van der Waals surface area contributed by atoms with E-state index in [1.165, 1.54) is 24.3 Å². The van der Waals surface area contributed by atoms with E-state index in [-0.39, 0.29) is 57.5 Å². The van der Waals surface area contributed by atoms with Crippen LogP contribution in [0.3, 0.4) is 0 Å². The summed E-state index contributed by atoms with van der Waals surface area (Å²) in [6.07, 6.45) is -3.66. The first-order valence-electron chi connectivity index (χ1n) is 10.3. The Hall–Kier alpha value is -3.11. The van der Waals surface area contributed by atoms with Crippen molar-refractivity contribution in [3.8, 4) is 16.9 Å². The van der Waals surface area contributed by atoms with Crippen LogP contribution in [0.1, 0.15) is 6.92 Å². The van der Waals surface area contributed by atoms with E-state index in [1.54, 1.807) is 11.8 Å². The summed E-state index contributed by atoms with van der Waals surface area (Å²) in [6.45, 7) is 4.68. The van der Waals surface area contributed by atoms with Gasteiger partial charge in [0.15, 0.2) is 5.82 Å². The van der Waals surface area contributed by atoms with Crippen molar-refractivity contribution < 1.29 is 27.5 Å². The summed E-state index contributed by atoms with van der Waals surface area (Å²) < 4.78 is 54.3. The quantitative estimate of drug-likeness (QED) is 0.353. The van der Waals surface area contributed by atoms with Crippen LogP contribution < -0.4 is 4.90 Å². The molecule has 0 saturated carbocycles. The Morgan fingerprint density at radius 1 is 1.20 bits per heavy atom. The predicted molar refractivity (Wildman–Crippen MR) is 125 cm³/mol. The predicted octanol–water partition coefficient (Wildman–Crippen LogP) is 5.60. The minimum Gasteiger partial charge on any atom is -0.507 e. The van der Waals surface area contributed by atoms with E-state index in [1.807, 2.05) is 0 Å². The zero-order chi connectivity index (χ0) is 25.7. The summed E-state index contributed by atoms with van der Waals surface area (Å²) in [5.74, 6) is -1.89. The van der Waals surface area contributed by atoms with E-state index in [4.69, 9.17) is 23.2 Å². The van der Waals surface area contributed by atoms with Gasteiger partial charge < -0.3 is 14.9 Å². The van der Waals surface area contributed by atoms with E-state index in [2.05, 4.69) is 16.5 Å². The molecule has 0 spiro atoms. The third-order valence-electron chi connectivity index (χ3n) is 5.82. The fraction of sp³-hybridized carbons (Fsp3) is 0.261. The smallest absolute Gasteiger partial charge is 0.421 e. The van der Waals surface area contributed by atoms with Crippen LogP contribution in [-0.2, 0) is 4.79 Å². The number of carbonyl (C=O) groups excluding carboxylic acids is 1. The molecule has 1 atom stereocenters. The van der Waals surface area contributed by atoms with Crippen LogP contribution in [0.5, 0.6) is 5.75 Å². The maximum atomic E-state index is 15.6. The number of nitrogens with zero attached hydrogens (tertiary/aromatic N) is 4. The molecule has 1 amide bonds. The molecule has 0 bridgehead atoms. The van der Waals surface area contributed by atoms with Gasteiger partial charge in [-0.25, -0.2) is 14.4 Å². The average molecular weight is 529 g/mol. The van der Waals surface area contributed by atoms with Crippen molar-refractivity contribution >= 4 is 45.8 Å². The number of amides is 1. The van der Waals surface area contributed by atoms with Crippen LogP contribution >= 0.6 is 23.2 Å². The number of anilines is 1. The van der Waals surface area contributed by atoms with Crippen LogP contribution in [-0.4, -0.2) is 57.7 Å². The number of hydrogen-bond donors (Lipinski definition) is 1. The summed E-state index contributed by atoms with van der Waals surface area (Å²) in [7, 11) is 0. The van der Waals surface area contributed by atoms with Gasteiger partial charge in [-0.3, -0.25) is 4.79 Å². The molecule has 35 heavy (non-hydrogen) atoms. The molecule has 1 fully saturated rings. The van der Waals surface area contributed by atoms with Crippen molar-refractivity contribution in [1.82, 2.24) is 14.9 Å². The number of fused-ring (bicyclic) bond motifs is 1. The average Bonchev–Trinajstić information content (AvgIpc) is 2.79. The molecular formula is C23H18Cl2F4N4O2. The van der Waals surface area contributed by atoms with Gasteiger partial charge in [0.2, 0.25) is 0 Å². The Morgan fingerprint density at radius 2 is 1.91 bits per heavy atom. The highest BCUT2D eigenvalue weighted by Gasteiger charge is 2.40. The molecule has 0 aliphatic carbocycles. The zero-order valence-electron chi connectivity index (χ0n) is 18.2. The van der Waals surface area contributed by atoms with Gasteiger partial charge in [0.05, 0.1) is 5.02 Å². The first-order chi connectivity index (χ1) is 16.4. The Labute approximate surface area is 207 Å². The Morgan fingerprint density at radius 3 is 2.57 bits per heavy atom. The number of piperazine rings is 1. The number of aromatic hydroxyl groups is 1. The fourth-order valence-electron chi connectivity index (χ4n) is 4.07. The number of phenols is 1. The highest BCUT2D eigenvalue weighted by molar-refractivity contribution is 6.35. The summed E-state index contributed by atoms with van der Waals surface area (Å²) in [5, 5.41) is 10.7. The minimum absolute atomic E-state index is 0.0194. The van der Waals surface area contributed by atoms with Gasteiger partial charge in [0.1, 0.15) is 29.0 Å². The van der Waals surface area contributed by atoms with Crippen LogP contribution in [0.25, 0.3) is 22.0 Å². The first-order valence-corrected chi connectivity index (χ1v) is 11.1. The van der Waals surface area contributed by atoms with Gasteiger partial charge in [-0.1, -0.05) is 29.8 Å². The normalized spacial score (nSPS) is 16.6. The summed E-state index contributed by atoms with van der Waals surface area (Å²) in [6, 6.07) is 5.15. The third kappa shape index (κ3) is 4.60. The van der Waals surface area contributed by atoms with E-state index in [0.717, 1.165) is 11.2 Å². The lowest BCUT2D eigenvalue weighted by atomic mass is 10.0. The van der Waals surface area contributed by atoms with Crippen molar-refractivity contribution in [2.24, 2.45) is 0 Å². The molecule has 1 aromatic heterocycles. The molecule has 0 radical (unpaired) electrons. The van der Waals surface area contributed by atoms with Crippen molar-refractivity contribution in [3.63, 3.8) is 0 Å². The van der Waals surface area contributed by atoms with Crippen LogP contribution in [0, 0.1) is 5.82 Å².